The van der Waals surface area contributed by atoms with Gasteiger partial charge in [0.25, 0.3) is 0 Å². The number of hydrogen-bond donors (Lipinski definition) is 1. The van der Waals surface area contributed by atoms with E-state index in [1.54, 1.807) is 11.3 Å². The van der Waals surface area contributed by atoms with E-state index in [4.69, 9.17) is 23.8 Å². The smallest absolute Gasteiger partial charge is 0.169 e. The van der Waals surface area contributed by atoms with Gasteiger partial charge in [-0.3, -0.25) is 4.90 Å². The fraction of sp³-hybridized carbons (Fsp3) is 0.615. The maximum absolute atomic E-state index is 5.96. The Morgan fingerprint density at radius 2 is 2.11 bits per heavy atom. The summed E-state index contributed by atoms with van der Waals surface area (Å²) in [7, 11) is 0. The molecular formula is C13H20ClN3S2. The SMILES string of the molecule is CCCNC(=S)N1CCN(Cc2ccc(Cl)s2)CC1. The molecule has 1 fully saturated rings. The van der Waals surface area contributed by atoms with Gasteiger partial charge in [0, 0.05) is 44.1 Å². The van der Waals surface area contributed by atoms with Gasteiger partial charge < -0.3 is 10.2 Å². The molecule has 0 bridgehead atoms. The van der Waals surface area contributed by atoms with Crippen LogP contribution in [0, 0.1) is 0 Å². The standard InChI is InChI=1S/C13H20ClN3S2/c1-2-5-15-13(18)17-8-6-16(7-9-17)10-11-3-4-12(14)19-11/h3-4H,2,5-10H2,1H3,(H,15,18). The highest BCUT2D eigenvalue weighted by atomic mass is 35.5. The third kappa shape index (κ3) is 4.60. The van der Waals surface area contributed by atoms with Crippen LogP contribution in [-0.2, 0) is 6.54 Å². The van der Waals surface area contributed by atoms with Gasteiger partial charge in [0.05, 0.1) is 4.34 Å². The summed E-state index contributed by atoms with van der Waals surface area (Å²) >= 11 is 13.0. The molecule has 1 aromatic rings. The van der Waals surface area contributed by atoms with E-state index in [-0.39, 0.29) is 0 Å². The van der Waals surface area contributed by atoms with E-state index in [1.165, 1.54) is 4.88 Å². The first kappa shape index (κ1) is 15.0. The Bertz CT molecular complexity index is 414. The molecule has 1 aliphatic rings. The van der Waals surface area contributed by atoms with Crippen LogP contribution in [-0.4, -0.2) is 47.6 Å². The summed E-state index contributed by atoms with van der Waals surface area (Å²) in [5, 5.41) is 4.20. The molecule has 2 rings (SSSR count). The van der Waals surface area contributed by atoms with E-state index < -0.39 is 0 Å². The first-order chi connectivity index (χ1) is 9.19. The van der Waals surface area contributed by atoms with Crippen molar-refractivity contribution in [3.8, 4) is 0 Å². The maximum atomic E-state index is 5.96. The van der Waals surface area contributed by atoms with Crippen molar-refractivity contribution in [3.05, 3.63) is 21.3 Å². The Hall–Kier alpha value is -0.360. The minimum Gasteiger partial charge on any atom is -0.363 e. The number of rotatable bonds is 4. The van der Waals surface area contributed by atoms with Gasteiger partial charge in [-0.15, -0.1) is 11.3 Å². The van der Waals surface area contributed by atoms with Gasteiger partial charge >= 0.3 is 0 Å². The van der Waals surface area contributed by atoms with Crippen LogP contribution in [0.2, 0.25) is 4.34 Å². The van der Waals surface area contributed by atoms with Crippen LogP contribution < -0.4 is 5.32 Å². The largest absolute Gasteiger partial charge is 0.363 e. The molecule has 0 spiro atoms. The monoisotopic (exact) mass is 317 g/mol. The van der Waals surface area contributed by atoms with Crippen molar-refractivity contribution < 1.29 is 0 Å². The summed E-state index contributed by atoms with van der Waals surface area (Å²) in [6.45, 7) is 8.25. The third-order valence-corrected chi connectivity index (χ3v) is 4.81. The lowest BCUT2D eigenvalue weighted by atomic mass is 10.3. The Labute approximate surface area is 129 Å². The minimum atomic E-state index is 0.874. The normalized spacial score (nSPS) is 16.6. The molecule has 1 aliphatic heterocycles. The molecule has 0 atom stereocenters. The van der Waals surface area contributed by atoms with Gasteiger partial charge in [0.15, 0.2) is 5.11 Å². The van der Waals surface area contributed by atoms with Crippen LogP contribution in [0.25, 0.3) is 0 Å². The van der Waals surface area contributed by atoms with Crippen molar-refractivity contribution in [2.75, 3.05) is 32.7 Å². The number of halogens is 1. The molecule has 0 amide bonds. The molecule has 0 saturated carbocycles. The molecule has 106 valence electrons. The zero-order valence-electron chi connectivity index (χ0n) is 11.2. The highest BCUT2D eigenvalue weighted by Crippen LogP contribution is 2.23. The predicted octanol–water partition coefficient (Wildman–Crippen LogP) is 2.80. The summed E-state index contributed by atoms with van der Waals surface area (Å²) in [4.78, 5) is 6.06. The molecule has 1 N–H and O–H groups in total. The molecule has 19 heavy (non-hydrogen) atoms. The van der Waals surface area contributed by atoms with Crippen LogP contribution in [0.3, 0.4) is 0 Å². The molecule has 3 nitrogen and oxygen atoms in total. The van der Waals surface area contributed by atoms with Crippen LogP contribution in [0.15, 0.2) is 12.1 Å². The van der Waals surface area contributed by atoms with Gasteiger partial charge in [-0.05, 0) is 30.8 Å². The van der Waals surface area contributed by atoms with Crippen molar-refractivity contribution in [1.29, 1.82) is 0 Å². The van der Waals surface area contributed by atoms with E-state index in [0.717, 1.165) is 55.1 Å². The highest BCUT2D eigenvalue weighted by molar-refractivity contribution is 7.80. The van der Waals surface area contributed by atoms with E-state index in [9.17, 15) is 0 Å². The van der Waals surface area contributed by atoms with Crippen molar-refractivity contribution in [3.63, 3.8) is 0 Å². The van der Waals surface area contributed by atoms with Crippen molar-refractivity contribution in [2.45, 2.75) is 19.9 Å². The van der Waals surface area contributed by atoms with Crippen LogP contribution in [0.4, 0.5) is 0 Å². The fourth-order valence-electron chi connectivity index (χ4n) is 2.11. The number of nitrogens with zero attached hydrogens (tertiary/aromatic N) is 2. The second kappa shape index (κ2) is 7.43. The number of nitrogens with one attached hydrogen (secondary N) is 1. The Balaban J connectivity index is 1.74. The van der Waals surface area contributed by atoms with Gasteiger partial charge in [-0.2, -0.15) is 0 Å². The van der Waals surface area contributed by atoms with E-state index in [0.29, 0.717) is 0 Å². The van der Waals surface area contributed by atoms with Gasteiger partial charge in [-0.1, -0.05) is 18.5 Å². The second-order valence-electron chi connectivity index (χ2n) is 4.70. The van der Waals surface area contributed by atoms with Crippen LogP contribution in [0.5, 0.6) is 0 Å². The van der Waals surface area contributed by atoms with Gasteiger partial charge in [-0.25, -0.2) is 0 Å². The minimum absolute atomic E-state index is 0.874. The van der Waals surface area contributed by atoms with Gasteiger partial charge in [0.1, 0.15) is 0 Å². The first-order valence-electron chi connectivity index (χ1n) is 6.68. The molecule has 0 aliphatic carbocycles. The van der Waals surface area contributed by atoms with E-state index >= 15 is 0 Å². The van der Waals surface area contributed by atoms with Crippen molar-refractivity contribution in [2.24, 2.45) is 0 Å². The van der Waals surface area contributed by atoms with E-state index in [2.05, 4.69) is 28.1 Å². The summed E-state index contributed by atoms with van der Waals surface area (Å²) in [5.74, 6) is 0. The predicted molar refractivity (Wildman–Crippen MR) is 87.1 cm³/mol. The Morgan fingerprint density at radius 3 is 2.68 bits per heavy atom. The molecule has 1 aromatic heterocycles. The van der Waals surface area contributed by atoms with E-state index in [1.807, 2.05) is 6.07 Å². The topological polar surface area (TPSA) is 18.5 Å². The third-order valence-electron chi connectivity index (χ3n) is 3.19. The maximum Gasteiger partial charge on any atom is 0.169 e. The van der Waals surface area contributed by atoms with Crippen molar-refractivity contribution in [1.82, 2.24) is 15.1 Å². The number of piperazine rings is 1. The van der Waals surface area contributed by atoms with Crippen LogP contribution in [0.1, 0.15) is 18.2 Å². The molecule has 0 aromatic carbocycles. The molecule has 2 heterocycles. The number of thiocarbonyl (C=S) groups is 1. The molecule has 0 radical (unpaired) electrons. The number of hydrogen-bond acceptors (Lipinski definition) is 3. The lowest BCUT2D eigenvalue weighted by Crippen LogP contribution is -2.51. The lowest BCUT2D eigenvalue weighted by molar-refractivity contribution is 0.176. The quantitative estimate of drug-likeness (QED) is 0.860. The first-order valence-corrected chi connectivity index (χ1v) is 8.28. The molecule has 0 unspecified atom stereocenters. The molecular weight excluding hydrogens is 298 g/mol. The lowest BCUT2D eigenvalue weighted by Gasteiger charge is -2.36. The van der Waals surface area contributed by atoms with Crippen LogP contribution >= 0.6 is 35.2 Å². The Morgan fingerprint density at radius 1 is 1.37 bits per heavy atom. The molecule has 6 heteroatoms. The molecule has 1 saturated heterocycles. The van der Waals surface area contributed by atoms with Crippen molar-refractivity contribution >= 4 is 40.3 Å². The zero-order chi connectivity index (χ0) is 13.7. The second-order valence-corrected chi connectivity index (χ2v) is 6.89. The Kier molecular flexibility index (Phi) is 5.88. The number of thiophene rings is 1. The summed E-state index contributed by atoms with van der Waals surface area (Å²) in [6.07, 6.45) is 1.11. The summed E-state index contributed by atoms with van der Waals surface area (Å²) in [6, 6.07) is 4.09. The summed E-state index contributed by atoms with van der Waals surface area (Å²) < 4.78 is 0.874. The average Bonchev–Trinajstić information content (AvgIpc) is 2.82. The highest BCUT2D eigenvalue weighted by Gasteiger charge is 2.18. The summed E-state index contributed by atoms with van der Waals surface area (Å²) in [5.41, 5.74) is 0. The van der Waals surface area contributed by atoms with Gasteiger partial charge in [0.2, 0.25) is 0 Å². The average molecular weight is 318 g/mol. The fourth-order valence-corrected chi connectivity index (χ4v) is 3.52. The zero-order valence-corrected chi connectivity index (χ0v) is 13.6.